The second kappa shape index (κ2) is 5.49. The molecule has 3 heteroatoms. The van der Waals surface area contributed by atoms with E-state index in [1.54, 1.807) is 0 Å². The predicted octanol–water partition coefficient (Wildman–Crippen LogP) is 2.74. The molecule has 1 aliphatic carbocycles. The number of carbonyl (C=O) groups is 1. The monoisotopic (exact) mass is 260 g/mol. The van der Waals surface area contributed by atoms with Crippen molar-refractivity contribution in [1.29, 1.82) is 0 Å². The maximum atomic E-state index is 11.8. The summed E-state index contributed by atoms with van der Waals surface area (Å²) >= 11 is 0. The number of rotatable bonds is 4. The molecule has 104 valence electrons. The van der Waals surface area contributed by atoms with E-state index in [2.05, 4.69) is 22.6 Å². The molecular weight excluding hydrogens is 236 g/mol. The van der Waals surface area contributed by atoms with Gasteiger partial charge < -0.3 is 9.47 Å². The van der Waals surface area contributed by atoms with Gasteiger partial charge >= 0.3 is 0 Å². The lowest BCUT2D eigenvalue weighted by molar-refractivity contribution is 0.0971. The molecule has 1 aromatic heterocycles. The second-order valence-corrected chi connectivity index (χ2v) is 6.22. The van der Waals surface area contributed by atoms with E-state index in [-0.39, 0.29) is 0 Å². The molecule has 1 saturated heterocycles. The Bertz CT molecular complexity index is 457. The molecule has 1 fully saturated rings. The van der Waals surface area contributed by atoms with Gasteiger partial charge in [0.25, 0.3) is 0 Å². The van der Waals surface area contributed by atoms with Gasteiger partial charge in [-0.05, 0) is 50.8 Å². The molecule has 3 rings (SSSR count). The van der Waals surface area contributed by atoms with Gasteiger partial charge in [-0.2, -0.15) is 0 Å². The molecule has 0 N–H and O–H groups in total. The molecule has 3 nitrogen and oxygen atoms in total. The first-order valence-electron chi connectivity index (χ1n) is 7.67. The fourth-order valence-electron chi connectivity index (χ4n) is 3.56. The number of fused-ring (bicyclic) bond motifs is 1. The highest BCUT2D eigenvalue weighted by atomic mass is 16.1. The Hall–Kier alpha value is -1.09. The van der Waals surface area contributed by atoms with Gasteiger partial charge in [0.05, 0.1) is 0 Å². The van der Waals surface area contributed by atoms with Gasteiger partial charge in [0.2, 0.25) is 0 Å². The Morgan fingerprint density at radius 1 is 1.16 bits per heavy atom. The Labute approximate surface area is 115 Å². The highest BCUT2D eigenvalue weighted by Crippen LogP contribution is 2.23. The van der Waals surface area contributed by atoms with Crippen molar-refractivity contribution in [3.63, 3.8) is 0 Å². The lowest BCUT2D eigenvalue weighted by atomic mass is 9.96. The maximum Gasteiger partial charge on any atom is 0.164 e. The molecule has 0 radical (unpaired) electrons. The summed E-state index contributed by atoms with van der Waals surface area (Å²) in [6.07, 6.45) is 7.68. The Kier molecular flexibility index (Phi) is 3.74. The first kappa shape index (κ1) is 12.9. The van der Waals surface area contributed by atoms with Gasteiger partial charge in [-0.3, -0.25) is 4.79 Å². The van der Waals surface area contributed by atoms with Crippen molar-refractivity contribution in [3.05, 3.63) is 23.5 Å². The van der Waals surface area contributed by atoms with Crippen molar-refractivity contribution < 1.29 is 4.79 Å². The van der Waals surface area contributed by atoms with E-state index < -0.39 is 0 Å². The van der Waals surface area contributed by atoms with Crippen LogP contribution in [0.25, 0.3) is 0 Å². The third kappa shape index (κ3) is 2.76. The number of nitrogens with zero attached hydrogens (tertiary/aromatic N) is 2. The average Bonchev–Trinajstić information content (AvgIpc) is 3.01. The van der Waals surface area contributed by atoms with Crippen molar-refractivity contribution >= 4 is 5.78 Å². The molecule has 0 amide bonds. The minimum absolute atomic E-state index is 0.340. The number of hydrogen-bond acceptors (Lipinski definition) is 2. The third-order valence-electron chi connectivity index (χ3n) is 4.47. The summed E-state index contributed by atoms with van der Waals surface area (Å²) in [4.78, 5) is 14.4. The van der Waals surface area contributed by atoms with E-state index in [0.29, 0.717) is 11.7 Å². The Morgan fingerprint density at radius 2 is 1.95 bits per heavy atom. The summed E-state index contributed by atoms with van der Waals surface area (Å²) in [5, 5.41) is 0. The van der Waals surface area contributed by atoms with Gasteiger partial charge in [0.1, 0.15) is 0 Å². The van der Waals surface area contributed by atoms with Crippen molar-refractivity contribution in [2.75, 3.05) is 19.6 Å². The molecule has 0 saturated carbocycles. The summed E-state index contributed by atoms with van der Waals surface area (Å²) < 4.78 is 2.33. The molecule has 1 unspecified atom stereocenters. The average molecular weight is 260 g/mol. The largest absolute Gasteiger partial charge is 0.350 e. The minimum Gasteiger partial charge on any atom is -0.350 e. The summed E-state index contributed by atoms with van der Waals surface area (Å²) in [5.41, 5.74) is 2.27. The lowest BCUT2D eigenvalue weighted by Gasteiger charge is -2.22. The molecule has 19 heavy (non-hydrogen) atoms. The number of ketones is 1. The zero-order valence-electron chi connectivity index (χ0n) is 11.9. The molecule has 1 aliphatic heterocycles. The van der Waals surface area contributed by atoms with Crippen LogP contribution < -0.4 is 0 Å². The second-order valence-electron chi connectivity index (χ2n) is 6.22. The smallest absolute Gasteiger partial charge is 0.164 e. The highest BCUT2D eigenvalue weighted by Gasteiger charge is 2.21. The van der Waals surface area contributed by atoms with Crippen LogP contribution in [0.4, 0.5) is 0 Å². The summed E-state index contributed by atoms with van der Waals surface area (Å²) in [6, 6.07) is 2.03. The van der Waals surface area contributed by atoms with Gasteiger partial charge in [-0.15, -0.1) is 0 Å². The van der Waals surface area contributed by atoms with Crippen LogP contribution in [0, 0.1) is 5.92 Å². The summed E-state index contributed by atoms with van der Waals surface area (Å²) in [7, 11) is 0. The number of likely N-dealkylation sites (tertiary alicyclic amines) is 1. The number of Topliss-reactive ketones (excluding diaryl/α,β-unsaturated/α-hetero) is 1. The van der Waals surface area contributed by atoms with Crippen LogP contribution in [0.1, 0.15) is 48.7 Å². The van der Waals surface area contributed by atoms with Crippen LogP contribution in [0.2, 0.25) is 0 Å². The van der Waals surface area contributed by atoms with Crippen LogP contribution in [0.3, 0.4) is 0 Å². The van der Waals surface area contributed by atoms with Gasteiger partial charge in [0, 0.05) is 37.0 Å². The molecule has 2 aliphatic rings. The SMILES string of the molecule is CC(CN1CCCC1)Cn1ccc2c1CCCC2=O. The zero-order valence-corrected chi connectivity index (χ0v) is 11.9. The van der Waals surface area contributed by atoms with Crippen LogP contribution in [-0.2, 0) is 13.0 Å². The predicted molar refractivity (Wildman–Crippen MR) is 76.5 cm³/mol. The maximum absolute atomic E-state index is 11.8. The van der Waals surface area contributed by atoms with Crippen molar-refractivity contribution in [3.8, 4) is 0 Å². The Balaban J connectivity index is 1.64. The molecule has 0 bridgehead atoms. The fourth-order valence-corrected chi connectivity index (χ4v) is 3.56. The quantitative estimate of drug-likeness (QED) is 0.831. The van der Waals surface area contributed by atoms with Gasteiger partial charge in [-0.25, -0.2) is 0 Å². The van der Waals surface area contributed by atoms with Gasteiger partial charge in [0.15, 0.2) is 5.78 Å². The normalized spacial score (nSPS) is 21.6. The first-order valence-corrected chi connectivity index (χ1v) is 7.67. The van der Waals surface area contributed by atoms with Crippen molar-refractivity contribution in [2.24, 2.45) is 5.92 Å². The van der Waals surface area contributed by atoms with E-state index in [1.165, 1.54) is 38.2 Å². The van der Waals surface area contributed by atoms with Crippen LogP contribution in [0.15, 0.2) is 12.3 Å². The first-order chi connectivity index (χ1) is 9.24. The molecule has 1 atom stereocenters. The lowest BCUT2D eigenvalue weighted by Crippen LogP contribution is -2.28. The zero-order chi connectivity index (χ0) is 13.2. The Morgan fingerprint density at radius 3 is 2.74 bits per heavy atom. The number of carbonyl (C=O) groups excluding carboxylic acids is 1. The van der Waals surface area contributed by atoms with Crippen molar-refractivity contribution in [1.82, 2.24) is 9.47 Å². The number of hydrogen-bond donors (Lipinski definition) is 0. The molecule has 1 aromatic rings. The molecule has 2 heterocycles. The van der Waals surface area contributed by atoms with E-state index in [1.807, 2.05) is 6.07 Å². The molecule has 0 aromatic carbocycles. The van der Waals surface area contributed by atoms with E-state index >= 15 is 0 Å². The molecule has 0 spiro atoms. The number of aromatic nitrogens is 1. The van der Waals surface area contributed by atoms with E-state index in [4.69, 9.17) is 0 Å². The van der Waals surface area contributed by atoms with Crippen LogP contribution >= 0.6 is 0 Å². The summed E-state index contributed by atoms with van der Waals surface area (Å²) in [5.74, 6) is 0.999. The standard InChI is InChI=1S/C16H24N2O/c1-13(11-17-8-2-3-9-17)12-18-10-7-14-15(18)5-4-6-16(14)19/h7,10,13H,2-6,8-9,11-12H2,1H3. The van der Waals surface area contributed by atoms with E-state index in [0.717, 1.165) is 31.4 Å². The van der Waals surface area contributed by atoms with Gasteiger partial charge in [-0.1, -0.05) is 6.92 Å². The highest BCUT2D eigenvalue weighted by molar-refractivity contribution is 5.98. The van der Waals surface area contributed by atoms with Crippen LogP contribution in [-0.4, -0.2) is 34.9 Å². The van der Waals surface area contributed by atoms with Crippen LogP contribution in [0.5, 0.6) is 0 Å². The third-order valence-corrected chi connectivity index (χ3v) is 4.47. The minimum atomic E-state index is 0.340. The fraction of sp³-hybridized carbons (Fsp3) is 0.688. The topological polar surface area (TPSA) is 25.2 Å². The summed E-state index contributed by atoms with van der Waals surface area (Å²) in [6.45, 7) is 7.12. The molecular formula is C16H24N2O. The van der Waals surface area contributed by atoms with E-state index in [9.17, 15) is 4.79 Å². The van der Waals surface area contributed by atoms with Crippen molar-refractivity contribution in [2.45, 2.75) is 45.6 Å².